The molecule has 3 aromatic rings. The van der Waals surface area contributed by atoms with Crippen molar-refractivity contribution < 1.29 is 26.8 Å². The number of nitrogens with zero attached hydrogens (tertiary/aromatic N) is 1. The van der Waals surface area contributed by atoms with E-state index in [0.717, 1.165) is 4.31 Å². The second-order valence-corrected chi connectivity index (χ2v) is 9.32. The lowest BCUT2D eigenvalue weighted by Gasteiger charge is -2.22. The third-order valence-electron chi connectivity index (χ3n) is 4.89. The minimum atomic E-state index is -4.12. The molecule has 1 amide bonds. The Balaban J connectivity index is 1.81. The number of halogens is 2. The predicted molar refractivity (Wildman–Crippen MR) is 119 cm³/mol. The van der Waals surface area contributed by atoms with Gasteiger partial charge in [0.15, 0.2) is 5.78 Å². The lowest BCUT2D eigenvalue weighted by Crippen LogP contribution is -2.40. The van der Waals surface area contributed by atoms with E-state index in [1.807, 2.05) is 0 Å². The van der Waals surface area contributed by atoms with Gasteiger partial charge in [-0.3, -0.25) is 9.59 Å². The van der Waals surface area contributed by atoms with E-state index in [9.17, 15) is 26.8 Å². The molecule has 6 nitrogen and oxygen atoms in total. The van der Waals surface area contributed by atoms with Crippen LogP contribution in [0.3, 0.4) is 0 Å². The maximum Gasteiger partial charge on any atom is 0.243 e. The first-order valence-electron chi connectivity index (χ1n) is 10.0. The van der Waals surface area contributed by atoms with Crippen LogP contribution in [0.2, 0.25) is 0 Å². The van der Waals surface area contributed by atoms with Crippen LogP contribution in [0.4, 0.5) is 8.78 Å². The van der Waals surface area contributed by atoms with Crippen LogP contribution in [0, 0.1) is 11.6 Å². The van der Waals surface area contributed by atoms with Crippen LogP contribution in [0.5, 0.6) is 0 Å². The molecule has 0 aliphatic rings. The molecule has 9 heteroatoms. The first-order valence-corrected chi connectivity index (χ1v) is 11.5. The van der Waals surface area contributed by atoms with E-state index in [1.165, 1.54) is 79.7 Å². The summed E-state index contributed by atoms with van der Waals surface area (Å²) >= 11 is 0. The number of rotatable bonds is 9. The zero-order chi connectivity index (χ0) is 24.0. The molecule has 0 aromatic heterocycles. The number of ketones is 1. The van der Waals surface area contributed by atoms with Gasteiger partial charge in [0.05, 0.1) is 11.4 Å². The fraction of sp³-hybridized carbons (Fsp3) is 0.167. The Hall–Kier alpha value is -3.43. The number of nitrogens with one attached hydrogen (secondary N) is 1. The summed E-state index contributed by atoms with van der Waals surface area (Å²) in [6.07, 6.45) is 0. The van der Waals surface area contributed by atoms with Crippen molar-refractivity contribution in [1.82, 2.24) is 9.62 Å². The van der Waals surface area contributed by atoms with Crippen LogP contribution in [0.25, 0.3) is 0 Å². The largest absolute Gasteiger partial charge is 0.351 e. The van der Waals surface area contributed by atoms with E-state index >= 15 is 0 Å². The van der Waals surface area contributed by atoms with Crippen molar-refractivity contribution in [2.24, 2.45) is 0 Å². The van der Waals surface area contributed by atoms with Crippen LogP contribution >= 0.6 is 0 Å². The van der Waals surface area contributed by atoms with Gasteiger partial charge in [0.25, 0.3) is 0 Å². The predicted octanol–water partition coefficient (Wildman–Crippen LogP) is 3.67. The lowest BCUT2D eigenvalue weighted by molar-refractivity contribution is -0.121. The molecule has 33 heavy (non-hydrogen) atoms. The minimum absolute atomic E-state index is 0.0825. The number of sulfonamides is 1. The van der Waals surface area contributed by atoms with E-state index in [-0.39, 0.29) is 23.8 Å². The topological polar surface area (TPSA) is 83.6 Å². The molecule has 0 bridgehead atoms. The third-order valence-corrected chi connectivity index (χ3v) is 6.70. The van der Waals surface area contributed by atoms with Gasteiger partial charge in [-0.25, -0.2) is 17.2 Å². The van der Waals surface area contributed by atoms with Gasteiger partial charge in [0, 0.05) is 18.7 Å². The van der Waals surface area contributed by atoms with Crippen LogP contribution in [0.1, 0.15) is 28.4 Å². The third kappa shape index (κ3) is 6.53. The molecule has 0 saturated carbocycles. The Kier molecular flexibility index (Phi) is 7.67. The Bertz CT molecular complexity index is 1230. The number of carbonyl (C=O) groups excluding carboxylic acids is 2. The van der Waals surface area contributed by atoms with Crippen molar-refractivity contribution in [3.05, 3.63) is 101 Å². The number of Topliss-reactive ketones (excluding diaryl/α,β-unsaturated/α-hetero) is 1. The molecule has 0 radical (unpaired) electrons. The highest BCUT2D eigenvalue weighted by Crippen LogP contribution is 2.19. The zero-order valence-corrected chi connectivity index (χ0v) is 18.6. The number of benzene rings is 3. The summed E-state index contributed by atoms with van der Waals surface area (Å²) in [5.74, 6) is -1.64. The van der Waals surface area contributed by atoms with Gasteiger partial charge in [0.1, 0.15) is 11.6 Å². The van der Waals surface area contributed by atoms with Gasteiger partial charge in [-0.15, -0.1) is 0 Å². The molecular weight excluding hydrogens is 450 g/mol. The summed E-state index contributed by atoms with van der Waals surface area (Å²) in [4.78, 5) is 24.0. The molecule has 172 valence electrons. The molecule has 3 aromatic carbocycles. The molecule has 0 aliphatic heterocycles. The molecule has 0 aliphatic carbocycles. The molecule has 0 spiro atoms. The molecule has 1 N–H and O–H groups in total. The Morgan fingerprint density at radius 3 is 1.85 bits per heavy atom. The highest BCUT2D eigenvalue weighted by atomic mass is 32.2. The molecule has 0 unspecified atom stereocenters. The summed E-state index contributed by atoms with van der Waals surface area (Å²) < 4.78 is 53.9. The summed E-state index contributed by atoms with van der Waals surface area (Å²) in [6, 6.07) is 16.3. The second kappa shape index (κ2) is 10.5. The van der Waals surface area contributed by atoms with Crippen molar-refractivity contribution in [3.8, 4) is 0 Å². The van der Waals surface area contributed by atoms with E-state index in [1.54, 1.807) is 0 Å². The molecule has 0 heterocycles. The van der Waals surface area contributed by atoms with Gasteiger partial charge >= 0.3 is 0 Å². The summed E-state index contributed by atoms with van der Waals surface area (Å²) in [5.41, 5.74) is 1.50. The van der Waals surface area contributed by atoms with Gasteiger partial charge in [0.2, 0.25) is 15.9 Å². The van der Waals surface area contributed by atoms with Gasteiger partial charge in [-0.05, 0) is 54.4 Å². The zero-order valence-electron chi connectivity index (χ0n) is 17.8. The number of amides is 1. The van der Waals surface area contributed by atoms with Crippen molar-refractivity contribution >= 4 is 21.7 Å². The van der Waals surface area contributed by atoms with Crippen LogP contribution < -0.4 is 5.32 Å². The fourth-order valence-corrected chi connectivity index (χ4v) is 4.43. The van der Waals surface area contributed by atoms with Crippen molar-refractivity contribution in [1.29, 1.82) is 0 Å². The van der Waals surface area contributed by atoms with Crippen LogP contribution in [0.15, 0.2) is 77.7 Å². The normalized spacial score (nSPS) is 11.4. The molecule has 0 saturated heterocycles. The molecule has 0 fully saturated rings. The maximum atomic E-state index is 13.3. The second-order valence-electron chi connectivity index (χ2n) is 7.38. The quantitative estimate of drug-likeness (QED) is 0.482. The summed E-state index contributed by atoms with van der Waals surface area (Å²) in [7, 11) is -4.12. The monoisotopic (exact) mass is 472 g/mol. The highest BCUT2D eigenvalue weighted by molar-refractivity contribution is 7.89. The first kappa shape index (κ1) is 24.2. The standard InChI is InChI=1S/C24H22F2N2O4S/c1-17(29)20-6-12-23(13-7-20)33(31,32)28(15-19-4-10-22(26)11-5-19)16-24(30)27-14-18-2-8-21(25)9-3-18/h2-13H,14-16H2,1H3,(H,27,30). The van der Waals surface area contributed by atoms with E-state index in [2.05, 4.69) is 5.32 Å². The van der Waals surface area contributed by atoms with E-state index in [4.69, 9.17) is 0 Å². The molecule has 0 atom stereocenters. The van der Waals surface area contributed by atoms with E-state index in [0.29, 0.717) is 16.7 Å². The highest BCUT2D eigenvalue weighted by Gasteiger charge is 2.27. The average Bonchev–Trinajstić information content (AvgIpc) is 2.79. The van der Waals surface area contributed by atoms with Crippen molar-refractivity contribution in [2.45, 2.75) is 24.9 Å². The Morgan fingerprint density at radius 1 is 0.818 bits per heavy atom. The summed E-state index contributed by atoms with van der Waals surface area (Å²) in [5, 5.41) is 2.62. The van der Waals surface area contributed by atoms with Crippen LogP contribution in [-0.4, -0.2) is 31.0 Å². The van der Waals surface area contributed by atoms with E-state index < -0.39 is 34.1 Å². The number of hydrogen-bond donors (Lipinski definition) is 1. The number of carbonyl (C=O) groups is 2. The minimum Gasteiger partial charge on any atom is -0.351 e. The van der Waals surface area contributed by atoms with Crippen molar-refractivity contribution in [2.75, 3.05) is 6.54 Å². The Labute approximate surface area is 190 Å². The SMILES string of the molecule is CC(=O)c1ccc(S(=O)(=O)N(CC(=O)NCc2ccc(F)cc2)Cc2ccc(F)cc2)cc1. The number of hydrogen-bond acceptors (Lipinski definition) is 4. The first-order chi connectivity index (χ1) is 15.6. The lowest BCUT2D eigenvalue weighted by atomic mass is 10.2. The smallest absolute Gasteiger partial charge is 0.243 e. The molecular formula is C24H22F2N2O4S. The van der Waals surface area contributed by atoms with Gasteiger partial charge in [-0.1, -0.05) is 36.4 Å². The fourth-order valence-electron chi connectivity index (χ4n) is 3.05. The van der Waals surface area contributed by atoms with Gasteiger partial charge in [-0.2, -0.15) is 4.31 Å². The van der Waals surface area contributed by atoms with Gasteiger partial charge < -0.3 is 5.32 Å². The average molecular weight is 473 g/mol. The summed E-state index contributed by atoms with van der Waals surface area (Å²) in [6.45, 7) is 0.809. The van der Waals surface area contributed by atoms with Crippen molar-refractivity contribution in [3.63, 3.8) is 0 Å². The Morgan fingerprint density at radius 2 is 1.33 bits per heavy atom. The molecule has 3 rings (SSSR count). The van der Waals surface area contributed by atoms with Crippen LogP contribution in [-0.2, 0) is 27.9 Å². The maximum absolute atomic E-state index is 13.3.